The van der Waals surface area contributed by atoms with Gasteiger partial charge >= 0.3 is 6.03 Å². The zero-order valence-electron chi connectivity index (χ0n) is 18.4. The zero-order valence-corrected chi connectivity index (χ0v) is 19.9. The molecule has 182 valence electrons. The molecule has 11 heteroatoms. The number of nitrogens with zero attached hydrogens (tertiary/aromatic N) is 2. The van der Waals surface area contributed by atoms with Crippen LogP contribution in [0.2, 0.25) is 10.0 Å². The number of hydrogen-bond acceptors (Lipinski definition) is 6. The van der Waals surface area contributed by atoms with Gasteiger partial charge in [-0.25, -0.2) is 4.79 Å². The van der Waals surface area contributed by atoms with E-state index in [9.17, 15) is 19.8 Å². The minimum absolute atomic E-state index is 0.0146. The summed E-state index contributed by atoms with van der Waals surface area (Å²) >= 11 is 11.9. The van der Waals surface area contributed by atoms with Crippen LogP contribution in [-0.4, -0.2) is 71.4 Å². The summed E-state index contributed by atoms with van der Waals surface area (Å²) in [6.45, 7) is 1.99. The first-order valence-corrected chi connectivity index (χ1v) is 11.8. The molecule has 2 heterocycles. The maximum atomic E-state index is 12.7. The van der Waals surface area contributed by atoms with Gasteiger partial charge in [0.05, 0.1) is 28.5 Å². The second-order valence-electron chi connectivity index (χ2n) is 8.63. The summed E-state index contributed by atoms with van der Waals surface area (Å²) in [6, 6.07) is 8.93. The number of carbonyl (C=O) groups is 2. The van der Waals surface area contributed by atoms with Crippen LogP contribution >= 0.6 is 23.2 Å². The maximum absolute atomic E-state index is 12.7. The Kier molecular flexibility index (Phi) is 7.37. The van der Waals surface area contributed by atoms with Gasteiger partial charge in [0.2, 0.25) is 0 Å². The number of rotatable bonds is 5. The molecule has 34 heavy (non-hydrogen) atoms. The predicted molar refractivity (Wildman–Crippen MR) is 132 cm³/mol. The number of phenols is 1. The average molecular weight is 508 g/mol. The molecule has 2 aliphatic heterocycles. The number of hydrogen-bond donors (Lipinski definition) is 5. The molecule has 3 amide bonds. The number of β-amino-alcohol motifs (C(OH)–C–C–N with tert-alkyl or cyclic N) is 1. The van der Waals surface area contributed by atoms with Gasteiger partial charge in [-0.2, -0.15) is 0 Å². The number of carbonyl (C=O) groups excluding carboxylic acids is 2. The Labute approximate surface area is 207 Å². The van der Waals surface area contributed by atoms with Crippen molar-refractivity contribution in [2.24, 2.45) is 5.73 Å². The first-order valence-electron chi connectivity index (χ1n) is 11.0. The molecule has 4 rings (SSSR count). The highest BCUT2D eigenvalue weighted by molar-refractivity contribution is 6.32. The third-order valence-electron chi connectivity index (χ3n) is 6.28. The smallest absolute Gasteiger partial charge is 0.316 e. The number of primary amides is 1. The van der Waals surface area contributed by atoms with E-state index in [0.29, 0.717) is 48.1 Å². The monoisotopic (exact) mass is 507 g/mol. The fourth-order valence-corrected chi connectivity index (χ4v) is 4.81. The SMILES string of the molecule is NC(=O)Nc1cc(Cl)c(O)cc1N1CC(O)C(NC2CCN(C(=O)c3ccc(Cl)cc3)CC2)C1. The second-order valence-corrected chi connectivity index (χ2v) is 9.47. The van der Waals surface area contributed by atoms with Crippen molar-refractivity contribution < 1.29 is 19.8 Å². The number of amides is 3. The van der Waals surface area contributed by atoms with Gasteiger partial charge in [-0.3, -0.25) is 4.79 Å². The van der Waals surface area contributed by atoms with Crippen LogP contribution in [0.4, 0.5) is 16.2 Å². The van der Waals surface area contributed by atoms with Crippen molar-refractivity contribution in [1.29, 1.82) is 0 Å². The molecule has 0 saturated carbocycles. The van der Waals surface area contributed by atoms with Crippen LogP contribution in [0.25, 0.3) is 0 Å². The van der Waals surface area contributed by atoms with Crippen molar-refractivity contribution in [3.63, 3.8) is 0 Å². The number of piperidine rings is 1. The number of urea groups is 1. The number of nitrogens with two attached hydrogens (primary N) is 1. The van der Waals surface area contributed by atoms with Crippen molar-refractivity contribution in [2.45, 2.75) is 31.0 Å². The summed E-state index contributed by atoms with van der Waals surface area (Å²) in [5.41, 5.74) is 6.76. The van der Waals surface area contributed by atoms with Crippen LogP contribution in [0, 0.1) is 0 Å². The third-order valence-corrected chi connectivity index (χ3v) is 6.83. The number of benzene rings is 2. The number of halogens is 2. The number of aliphatic hydroxyl groups is 1. The van der Waals surface area contributed by atoms with Crippen molar-refractivity contribution in [3.05, 3.63) is 52.0 Å². The van der Waals surface area contributed by atoms with E-state index in [1.165, 1.54) is 12.1 Å². The van der Waals surface area contributed by atoms with Crippen molar-refractivity contribution in [2.75, 3.05) is 36.4 Å². The van der Waals surface area contributed by atoms with E-state index in [1.54, 1.807) is 24.3 Å². The molecule has 0 aliphatic carbocycles. The fourth-order valence-electron chi connectivity index (χ4n) is 4.52. The number of aromatic hydroxyl groups is 1. The lowest BCUT2D eigenvalue weighted by atomic mass is 10.0. The van der Waals surface area contributed by atoms with E-state index in [-0.39, 0.29) is 28.8 Å². The van der Waals surface area contributed by atoms with Crippen molar-refractivity contribution in [1.82, 2.24) is 10.2 Å². The molecule has 2 unspecified atom stereocenters. The standard InChI is InChI=1S/C23H27Cl2N5O4/c24-14-3-1-13(2-4-14)22(33)29-7-5-15(6-8-29)27-18-11-30(12-21(18)32)19-10-20(31)16(25)9-17(19)28-23(26)34/h1-4,9-10,15,18,21,27,31-32H,5-8,11-12H2,(H3,26,28,34). The average Bonchev–Trinajstić information content (AvgIpc) is 3.16. The number of aliphatic hydroxyl groups excluding tert-OH is 1. The van der Waals surface area contributed by atoms with Gasteiger partial charge in [0, 0.05) is 48.9 Å². The zero-order chi connectivity index (χ0) is 24.4. The van der Waals surface area contributed by atoms with Crippen molar-refractivity contribution >= 4 is 46.5 Å². The highest BCUT2D eigenvalue weighted by Crippen LogP contribution is 2.37. The van der Waals surface area contributed by atoms with E-state index in [4.69, 9.17) is 28.9 Å². The van der Waals surface area contributed by atoms with E-state index < -0.39 is 12.1 Å². The molecule has 0 radical (unpaired) electrons. The number of nitrogens with one attached hydrogen (secondary N) is 2. The van der Waals surface area contributed by atoms with Gasteiger partial charge < -0.3 is 36.4 Å². The molecule has 0 bridgehead atoms. The van der Waals surface area contributed by atoms with Gasteiger partial charge in [-0.1, -0.05) is 23.2 Å². The molecule has 2 aromatic rings. The minimum atomic E-state index is -0.752. The van der Waals surface area contributed by atoms with Crippen LogP contribution in [0.5, 0.6) is 5.75 Å². The van der Waals surface area contributed by atoms with Gasteiger partial charge in [-0.05, 0) is 43.2 Å². The Morgan fingerprint density at radius 3 is 2.38 bits per heavy atom. The lowest BCUT2D eigenvalue weighted by molar-refractivity contribution is 0.0691. The number of phenolic OH excluding ortho intramolecular Hbond substituents is 1. The second kappa shape index (κ2) is 10.3. The van der Waals surface area contributed by atoms with Gasteiger partial charge in [-0.15, -0.1) is 0 Å². The van der Waals surface area contributed by atoms with Gasteiger partial charge in [0.15, 0.2) is 0 Å². The molecule has 6 N–H and O–H groups in total. The molecule has 2 aromatic carbocycles. The molecule has 2 fully saturated rings. The summed E-state index contributed by atoms with van der Waals surface area (Å²) < 4.78 is 0. The normalized spacial score (nSPS) is 21.0. The Balaban J connectivity index is 1.36. The quantitative estimate of drug-likeness (QED) is 0.395. The topological polar surface area (TPSA) is 131 Å². The van der Waals surface area contributed by atoms with E-state index in [2.05, 4.69) is 10.6 Å². The summed E-state index contributed by atoms with van der Waals surface area (Å²) in [4.78, 5) is 27.8. The highest BCUT2D eigenvalue weighted by Gasteiger charge is 2.35. The summed E-state index contributed by atoms with van der Waals surface area (Å²) in [5.74, 6) is -0.144. The van der Waals surface area contributed by atoms with Crippen LogP contribution in [0.15, 0.2) is 36.4 Å². The molecular formula is C23H27Cl2N5O4. The largest absolute Gasteiger partial charge is 0.506 e. The fraction of sp³-hybridized carbons (Fsp3) is 0.391. The molecule has 2 atom stereocenters. The van der Waals surface area contributed by atoms with E-state index in [0.717, 1.165) is 12.8 Å². The predicted octanol–water partition coefficient (Wildman–Crippen LogP) is 2.63. The number of anilines is 2. The molecule has 2 aliphatic rings. The maximum Gasteiger partial charge on any atom is 0.316 e. The van der Waals surface area contributed by atoms with Gasteiger partial charge in [0.25, 0.3) is 5.91 Å². The van der Waals surface area contributed by atoms with Gasteiger partial charge in [0.1, 0.15) is 5.75 Å². The van der Waals surface area contributed by atoms with Crippen LogP contribution < -0.4 is 21.3 Å². The number of likely N-dealkylation sites (tertiary alicyclic amines) is 1. The van der Waals surface area contributed by atoms with Crippen LogP contribution in [0.3, 0.4) is 0 Å². The Hall–Kier alpha value is -2.72. The third kappa shape index (κ3) is 5.50. The van der Waals surface area contributed by atoms with Crippen molar-refractivity contribution in [3.8, 4) is 5.75 Å². The summed E-state index contributed by atoms with van der Waals surface area (Å²) in [7, 11) is 0. The van der Waals surface area contributed by atoms with Crippen LogP contribution in [0.1, 0.15) is 23.2 Å². The molecular weight excluding hydrogens is 481 g/mol. The first kappa shape index (κ1) is 24.4. The minimum Gasteiger partial charge on any atom is -0.506 e. The van der Waals surface area contributed by atoms with E-state index in [1.807, 2.05) is 9.80 Å². The summed E-state index contributed by atoms with van der Waals surface area (Å²) in [6.07, 6.45) is 0.866. The Morgan fingerprint density at radius 2 is 1.74 bits per heavy atom. The summed E-state index contributed by atoms with van der Waals surface area (Å²) in [5, 5.41) is 27.4. The molecule has 0 spiro atoms. The highest BCUT2D eigenvalue weighted by atomic mass is 35.5. The lowest BCUT2D eigenvalue weighted by Gasteiger charge is -2.34. The first-order chi connectivity index (χ1) is 16.2. The Bertz CT molecular complexity index is 1060. The van der Waals surface area contributed by atoms with Crippen LogP contribution in [-0.2, 0) is 0 Å². The molecule has 2 saturated heterocycles. The Morgan fingerprint density at radius 1 is 1.06 bits per heavy atom. The lowest BCUT2D eigenvalue weighted by Crippen LogP contribution is -2.50. The van der Waals surface area contributed by atoms with E-state index >= 15 is 0 Å². The molecule has 0 aromatic heterocycles. The molecule has 9 nitrogen and oxygen atoms in total.